The predicted octanol–water partition coefficient (Wildman–Crippen LogP) is 4.74. The topological polar surface area (TPSA) is 46.5 Å². The third kappa shape index (κ3) is 4.76. The van der Waals surface area contributed by atoms with Crippen molar-refractivity contribution in [3.8, 4) is 5.75 Å². The summed E-state index contributed by atoms with van der Waals surface area (Å²) in [7, 11) is 0. The molecule has 2 aromatic carbocycles. The lowest BCUT2D eigenvalue weighted by atomic mass is 9.96. The van der Waals surface area contributed by atoms with Crippen molar-refractivity contribution in [3.05, 3.63) is 63.6 Å². The first-order chi connectivity index (χ1) is 10.1. The molecule has 21 heavy (non-hydrogen) atoms. The van der Waals surface area contributed by atoms with Gasteiger partial charge < -0.3 is 9.84 Å². The highest BCUT2D eigenvalue weighted by atomic mass is 79.9. The van der Waals surface area contributed by atoms with Crippen LogP contribution in [0.25, 0.3) is 0 Å². The van der Waals surface area contributed by atoms with Crippen molar-refractivity contribution in [2.24, 2.45) is 0 Å². The van der Waals surface area contributed by atoms with Gasteiger partial charge >= 0.3 is 5.97 Å². The first-order valence-corrected chi connectivity index (χ1v) is 7.60. The zero-order chi connectivity index (χ0) is 15.2. The molecule has 2 rings (SSSR count). The van der Waals surface area contributed by atoms with Crippen molar-refractivity contribution in [2.75, 3.05) is 6.61 Å². The molecule has 0 saturated carbocycles. The minimum atomic E-state index is -0.880. The van der Waals surface area contributed by atoms with Gasteiger partial charge in [0, 0.05) is 9.50 Å². The quantitative estimate of drug-likeness (QED) is 0.800. The molecule has 0 saturated heterocycles. The fourth-order valence-corrected chi connectivity index (χ4v) is 2.58. The van der Waals surface area contributed by atoms with Crippen molar-refractivity contribution in [1.29, 1.82) is 0 Å². The molecule has 0 spiro atoms. The Hall–Kier alpha value is -1.52. The summed E-state index contributed by atoms with van der Waals surface area (Å²) in [6, 6.07) is 14.4. The number of halogens is 2. The maximum Gasteiger partial charge on any atom is 0.311 e. The van der Waals surface area contributed by atoms with Crippen molar-refractivity contribution >= 4 is 33.5 Å². The average Bonchev–Trinajstić information content (AvgIpc) is 2.43. The second kappa shape index (κ2) is 7.48. The van der Waals surface area contributed by atoms with E-state index in [1.165, 1.54) is 0 Å². The lowest BCUT2D eigenvalue weighted by Gasteiger charge is -2.14. The number of benzene rings is 2. The summed E-state index contributed by atoms with van der Waals surface area (Å²) in [5.74, 6) is -0.800. The molecule has 1 N–H and O–H groups in total. The molecule has 1 unspecified atom stereocenters. The smallest absolute Gasteiger partial charge is 0.311 e. The molecular formula is C16H14BrClO3. The van der Waals surface area contributed by atoms with E-state index in [-0.39, 0.29) is 0 Å². The van der Waals surface area contributed by atoms with Crippen LogP contribution in [0.5, 0.6) is 5.75 Å². The fourth-order valence-electron chi connectivity index (χ4n) is 2.01. The van der Waals surface area contributed by atoms with Crippen molar-refractivity contribution in [3.63, 3.8) is 0 Å². The van der Waals surface area contributed by atoms with Crippen LogP contribution in [0.3, 0.4) is 0 Å². The molecule has 0 bridgehead atoms. The van der Waals surface area contributed by atoms with E-state index in [1.807, 2.05) is 24.3 Å². The van der Waals surface area contributed by atoms with E-state index in [9.17, 15) is 9.90 Å². The van der Waals surface area contributed by atoms with E-state index in [0.29, 0.717) is 29.4 Å². The summed E-state index contributed by atoms with van der Waals surface area (Å²) >= 11 is 9.27. The second-order valence-corrected chi connectivity index (χ2v) is 5.89. The number of hydrogen-bond acceptors (Lipinski definition) is 2. The van der Waals surface area contributed by atoms with Crippen LogP contribution in [-0.2, 0) is 4.79 Å². The Morgan fingerprint density at radius 3 is 2.67 bits per heavy atom. The van der Waals surface area contributed by atoms with E-state index in [0.717, 1.165) is 4.47 Å². The molecule has 0 aliphatic heterocycles. The third-order valence-electron chi connectivity index (χ3n) is 3.02. The van der Waals surface area contributed by atoms with Crippen LogP contribution in [-0.4, -0.2) is 17.7 Å². The van der Waals surface area contributed by atoms with E-state index in [2.05, 4.69) is 15.9 Å². The zero-order valence-corrected chi connectivity index (χ0v) is 13.5. The summed E-state index contributed by atoms with van der Waals surface area (Å²) in [5.41, 5.74) is 0.688. The molecule has 0 aliphatic carbocycles. The first-order valence-electron chi connectivity index (χ1n) is 6.43. The van der Waals surface area contributed by atoms with Crippen LogP contribution in [0.15, 0.2) is 53.0 Å². The molecule has 1 atom stereocenters. The lowest BCUT2D eigenvalue weighted by molar-refractivity contribution is -0.139. The molecule has 110 valence electrons. The maximum atomic E-state index is 11.4. The number of ether oxygens (including phenoxy) is 1. The van der Waals surface area contributed by atoms with Gasteiger partial charge in [-0.1, -0.05) is 45.7 Å². The number of carboxylic acid groups (broad SMARTS) is 1. The highest BCUT2D eigenvalue weighted by Gasteiger charge is 2.20. The number of carboxylic acids is 1. The Balaban J connectivity index is 1.99. The number of hydrogen-bond donors (Lipinski definition) is 1. The summed E-state index contributed by atoms with van der Waals surface area (Å²) in [5, 5.41) is 9.89. The number of carbonyl (C=O) groups is 1. The van der Waals surface area contributed by atoms with E-state index in [4.69, 9.17) is 16.3 Å². The highest BCUT2D eigenvalue weighted by Crippen LogP contribution is 2.24. The zero-order valence-electron chi connectivity index (χ0n) is 11.1. The third-order valence-corrected chi connectivity index (χ3v) is 3.75. The molecule has 5 heteroatoms. The Kier molecular flexibility index (Phi) is 5.65. The Morgan fingerprint density at radius 1 is 1.24 bits per heavy atom. The van der Waals surface area contributed by atoms with E-state index in [1.54, 1.807) is 24.3 Å². The molecule has 0 heterocycles. The lowest BCUT2D eigenvalue weighted by Crippen LogP contribution is -2.15. The van der Waals surface area contributed by atoms with E-state index < -0.39 is 11.9 Å². The Labute approximate surface area is 136 Å². The molecule has 0 aliphatic rings. The van der Waals surface area contributed by atoms with Gasteiger partial charge in [-0.2, -0.15) is 0 Å². The minimum Gasteiger partial charge on any atom is -0.494 e. The molecule has 3 nitrogen and oxygen atoms in total. The van der Waals surface area contributed by atoms with Crippen molar-refractivity contribution in [2.45, 2.75) is 12.3 Å². The van der Waals surface area contributed by atoms with E-state index >= 15 is 0 Å². The SMILES string of the molecule is O=C(O)C(CCOc1cccc(Br)c1)c1cccc(Cl)c1. The molecular weight excluding hydrogens is 356 g/mol. The van der Waals surface area contributed by atoms with Crippen LogP contribution in [0.2, 0.25) is 5.02 Å². The summed E-state index contributed by atoms with van der Waals surface area (Å²) in [4.78, 5) is 11.4. The van der Waals surface area contributed by atoms with Gasteiger partial charge in [-0.05, 0) is 42.3 Å². The Morgan fingerprint density at radius 2 is 2.00 bits per heavy atom. The normalized spacial score (nSPS) is 11.9. The number of rotatable bonds is 6. The van der Waals surface area contributed by atoms with Gasteiger partial charge in [-0.3, -0.25) is 4.79 Å². The molecule has 0 aromatic heterocycles. The fraction of sp³-hybridized carbons (Fsp3) is 0.188. The average molecular weight is 370 g/mol. The van der Waals surface area contributed by atoms with Gasteiger partial charge in [-0.15, -0.1) is 0 Å². The van der Waals surface area contributed by atoms with Gasteiger partial charge in [0.15, 0.2) is 0 Å². The van der Waals surface area contributed by atoms with Crippen LogP contribution in [0, 0.1) is 0 Å². The monoisotopic (exact) mass is 368 g/mol. The van der Waals surface area contributed by atoms with Crippen LogP contribution in [0.4, 0.5) is 0 Å². The van der Waals surface area contributed by atoms with Gasteiger partial charge in [0.1, 0.15) is 5.75 Å². The van der Waals surface area contributed by atoms with Crippen molar-refractivity contribution < 1.29 is 14.6 Å². The molecule has 0 radical (unpaired) electrons. The first kappa shape index (κ1) is 15.9. The predicted molar refractivity (Wildman–Crippen MR) is 86.1 cm³/mol. The molecule has 0 fully saturated rings. The molecule has 0 amide bonds. The number of aliphatic carboxylic acids is 1. The van der Waals surface area contributed by atoms with Gasteiger partial charge in [-0.25, -0.2) is 0 Å². The van der Waals surface area contributed by atoms with Crippen LogP contribution in [0.1, 0.15) is 17.9 Å². The van der Waals surface area contributed by atoms with Crippen molar-refractivity contribution in [1.82, 2.24) is 0 Å². The van der Waals surface area contributed by atoms with Gasteiger partial charge in [0.2, 0.25) is 0 Å². The standard InChI is InChI=1S/C16H14BrClO3/c17-12-4-2-6-14(10-12)21-8-7-15(16(19)20)11-3-1-5-13(18)9-11/h1-6,9-10,15H,7-8H2,(H,19,20). The summed E-state index contributed by atoms with van der Waals surface area (Å²) < 4.78 is 6.51. The van der Waals surface area contributed by atoms with Crippen LogP contribution < -0.4 is 4.74 Å². The maximum absolute atomic E-state index is 11.4. The van der Waals surface area contributed by atoms with Crippen LogP contribution >= 0.6 is 27.5 Å². The molecule has 2 aromatic rings. The summed E-state index contributed by atoms with van der Waals surface area (Å²) in [6.07, 6.45) is 0.377. The largest absolute Gasteiger partial charge is 0.494 e. The van der Waals surface area contributed by atoms with Gasteiger partial charge in [0.05, 0.1) is 12.5 Å². The minimum absolute atomic E-state index is 0.319. The second-order valence-electron chi connectivity index (χ2n) is 4.54. The Bertz CT molecular complexity index is 630. The summed E-state index contributed by atoms with van der Waals surface area (Å²) in [6.45, 7) is 0.319. The highest BCUT2D eigenvalue weighted by molar-refractivity contribution is 9.10. The van der Waals surface area contributed by atoms with Gasteiger partial charge in [0.25, 0.3) is 0 Å².